The van der Waals surface area contributed by atoms with E-state index in [9.17, 15) is 14.7 Å². The molecular weight excluding hydrogens is 406 g/mol. The summed E-state index contributed by atoms with van der Waals surface area (Å²) in [4.78, 5) is 27.2. The maximum absolute atomic E-state index is 13.0. The molecule has 0 bridgehead atoms. The average molecular weight is 424 g/mol. The van der Waals surface area contributed by atoms with Gasteiger partial charge in [-0.05, 0) is 54.1 Å². The number of furan rings is 1. The van der Waals surface area contributed by atoms with Crippen molar-refractivity contribution in [1.29, 1.82) is 0 Å². The zero-order valence-electron chi connectivity index (χ0n) is 16.0. The van der Waals surface area contributed by atoms with Crippen molar-refractivity contribution in [2.75, 3.05) is 7.11 Å². The number of ether oxygens (including phenoxy) is 1. The van der Waals surface area contributed by atoms with E-state index in [1.165, 1.54) is 18.3 Å². The lowest BCUT2D eigenvalue weighted by Gasteiger charge is -2.24. The van der Waals surface area contributed by atoms with Crippen LogP contribution in [0.3, 0.4) is 0 Å². The third-order valence-corrected chi connectivity index (χ3v) is 5.21. The first kappa shape index (κ1) is 19.8. The first-order chi connectivity index (χ1) is 14.5. The number of carbonyl (C=O) groups is 2. The molecule has 1 unspecified atom stereocenters. The number of benzene rings is 2. The minimum atomic E-state index is -0.809. The fourth-order valence-electron chi connectivity index (χ4n) is 3.54. The summed E-state index contributed by atoms with van der Waals surface area (Å²) in [5.74, 6) is -0.612. The van der Waals surface area contributed by atoms with Gasteiger partial charge in [0.2, 0.25) is 0 Å². The summed E-state index contributed by atoms with van der Waals surface area (Å²) in [7, 11) is 1.54. The number of aliphatic hydroxyl groups is 1. The minimum absolute atomic E-state index is 0.000936. The number of amides is 1. The molecule has 1 amide bonds. The van der Waals surface area contributed by atoms with Crippen LogP contribution in [0.5, 0.6) is 5.75 Å². The Balaban J connectivity index is 1.85. The summed E-state index contributed by atoms with van der Waals surface area (Å²) in [5.41, 5.74) is 1.01. The highest BCUT2D eigenvalue weighted by Gasteiger charge is 2.46. The van der Waals surface area contributed by atoms with E-state index in [0.29, 0.717) is 27.7 Å². The maximum atomic E-state index is 13.0. The van der Waals surface area contributed by atoms with E-state index in [1.807, 2.05) is 0 Å². The van der Waals surface area contributed by atoms with Crippen molar-refractivity contribution in [3.63, 3.8) is 0 Å². The normalized spacial score (nSPS) is 18.1. The van der Waals surface area contributed by atoms with Crippen molar-refractivity contribution < 1.29 is 23.8 Å². The third-order valence-electron chi connectivity index (χ3n) is 4.97. The molecule has 2 heterocycles. The average Bonchev–Trinajstić information content (AvgIpc) is 3.36. The van der Waals surface area contributed by atoms with Crippen molar-refractivity contribution in [2.24, 2.45) is 0 Å². The SMILES string of the molecule is COc1ccc(C(O)=C2C(=O)C(=O)N(Cc3ccco3)C2c2cccc(Cl)c2)cc1. The molecule has 4 rings (SSSR count). The number of ketones is 1. The molecule has 1 saturated heterocycles. The van der Waals surface area contributed by atoms with Gasteiger partial charge in [-0.15, -0.1) is 0 Å². The van der Waals surface area contributed by atoms with Crippen LogP contribution < -0.4 is 4.74 Å². The van der Waals surface area contributed by atoms with E-state index < -0.39 is 17.7 Å². The van der Waals surface area contributed by atoms with Gasteiger partial charge in [0.05, 0.1) is 31.5 Å². The molecule has 0 saturated carbocycles. The van der Waals surface area contributed by atoms with Gasteiger partial charge in [0, 0.05) is 10.6 Å². The number of hydrogen-bond acceptors (Lipinski definition) is 5. The molecular formula is C23H18ClNO5. The highest BCUT2D eigenvalue weighted by molar-refractivity contribution is 6.46. The summed E-state index contributed by atoms with van der Waals surface area (Å²) in [6, 6.07) is 16.1. The first-order valence-corrected chi connectivity index (χ1v) is 9.58. The number of halogens is 1. The number of aliphatic hydroxyl groups excluding tert-OH is 1. The number of Topliss-reactive ketones (excluding diaryl/α,β-unsaturated/α-hetero) is 1. The molecule has 1 aliphatic heterocycles. The highest BCUT2D eigenvalue weighted by atomic mass is 35.5. The number of carbonyl (C=O) groups excluding carboxylic acids is 2. The Bertz CT molecular complexity index is 1120. The molecule has 1 aromatic heterocycles. The monoisotopic (exact) mass is 423 g/mol. The number of rotatable bonds is 5. The van der Waals surface area contributed by atoms with Crippen molar-refractivity contribution in [2.45, 2.75) is 12.6 Å². The molecule has 1 atom stereocenters. The second-order valence-corrected chi connectivity index (χ2v) is 7.23. The topological polar surface area (TPSA) is 80.0 Å². The lowest BCUT2D eigenvalue weighted by molar-refractivity contribution is -0.140. The molecule has 0 spiro atoms. The number of hydrogen-bond donors (Lipinski definition) is 1. The maximum Gasteiger partial charge on any atom is 0.296 e. The van der Waals surface area contributed by atoms with Crippen LogP contribution in [0.25, 0.3) is 5.76 Å². The van der Waals surface area contributed by atoms with E-state index in [-0.39, 0.29) is 17.9 Å². The predicted octanol–water partition coefficient (Wildman–Crippen LogP) is 4.56. The third kappa shape index (κ3) is 3.57. The number of likely N-dealkylation sites (tertiary alicyclic amines) is 1. The number of nitrogens with zero attached hydrogens (tertiary/aromatic N) is 1. The Morgan fingerprint density at radius 3 is 2.53 bits per heavy atom. The molecule has 0 aliphatic carbocycles. The summed E-state index contributed by atoms with van der Waals surface area (Å²) in [6.07, 6.45) is 1.50. The summed E-state index contributed by atoms with van der Waals surface area (Å²) < 4.78 is 10.5. The largest absolute Gasteiger partial charge is 0.507 e. The zero-order chi connectivity index (χ0) is 21.3. The predicted molar refractivity (Wildman–Crippen MR) is 111 cm³/mol. The van der Waals surface area contributed by atoms with Crippen LogP contribution in [0.1, 0.15) is 22.9 Å². The second kappa shape index (κ2) is 8.08. The van der Waals surface area contributed by atoms with Crippen LogP contribution in [0, 0.1) is 0 Å². The van der Waals surface area contributed by atoms with Gasteiger partial charge < -0.3 is 19.2 Å². The van der Waals surface area contributed by atoms with Gasteiger partial charge >= 0.3 is 0 Å². The van der Waals surface area contributed by atoms with Gasteiger partial charge in [-0.1, -0.05) is 23.7 Å². The fourth-order valence-corrected chi connectivity index (χ4v) is 3.74. The fraction of sp³-hybridized carbons (Fsp3) is 0.130. The van der Waals surface area contributed by atoms with Crippen LogP contribution in [-0.4, -0.2) is 28.8 Å². The molecule has 3 aromatic rings. The number of methoxy groups -OCH3 is 1. The Morgan fingerprint density at radius 1 is 1.13 bits per heavy atom. The van der Waals surface area contributed by atoms with Crippen LogP contribution in [0.2, 0.25) is 5.02 Å². The summed E-state index contributed by atoms with van der Waals surface area (Å²) in [6.45, 7) is 0.0775. The molecule has 1 N–H and O–H groups in total. The minimum Gasteiger partial charge on any atom is -0.507 e. The van der Waals surface area contributed by atoms with E-state index >= 15 is 0 Å². The Hall–Kier alpha value is -3.51. The zero-order valence-corrected chi connectivity index (χ0v) is 16.8. The molecule has 152 valence electrons. The van der Waals surface area contributed by atoms with Crippen LogP contribution >= 0.6 is 11.6 Å². The first-order valence-electron chi connectivity index (χ1n) is 9.20. The molecule has 30 heavy (non-hydrogen) atoms. The van der Waals surface area contributed by atoms with E-state index in [2.05, 4.69) is 0 Å². The van der Waals surface area contributed by atoms with Gasteiger partial charge in [-0.25, -0.2) is 0 Å². The van der Waals surface area contributed by atoms with Gasteiger partial charge in [-0.3, -0.25) is 9.59 Å². The van der Waals surface area contributed by atoms with E-state index in [4.69, 9.17) is 20.8 Å². The van der Waals surface area contributed by atoms with Gasteiger partial charge in [0.25, 0.3) is 11.7 Å². The Labute approximate surface area is 177 Å². The lowest BCUT2D eigenvalue weighted by Crippen LogP contribution is -2.29. The molecule has 0 radical (unpaired) electrons. The quantitative estimate of drug-likeness (QED) is 0.369. The summed E-state index contributed by atoms with van der Waals surface area (Å²) >= 11 is 6.16. The molecule has 6 nitrogen and oxygen atoms in total. The van der Waals surface area contributed by atoms with Crippen LogP contribution in [0.4, 0.5) is 0 Å². The molecule has 7 heteroatoms. The lowest BCUT2D eigenvalue weighted by atomic mass is 9.95. The van der Waals surface area contributed by atoms with Crippen LogP contribution in [0.15, 0.2) is 76.9 Å². The van der Waals surface area contributed by atoms with Crippen molar-refractivity contribution >= 4 is 29.1 Å². The van der Waals surface area contributed by atoms with E-state index in [0.717, 1.165) is 0 Å². The van der Waals surface area contributed by atoms with Gasteiger partial charge in [0.1, 0.15) is 17.3 Å². The van der Waals surface area contributed by atoms with Gasteiger partial charge in [-0.2, -0.15) is 0 Å². The molecule has 1 fully saturated rings. The van der Waals surface area contributed by atoms with Gasteiger partial charge in [0.15, 0.2) is 0 Å². The highest BCUT2D eigenvalue weighted by Crippen LogP contribution is 2.41. The standard InChI is InChI=1S/C23H18ClNO5/c1-29-17-9-7-14(8-10-17)21(26)19-20(15-4-2-5-16(24)12-15)25(23(28)22(19)27)13-18-6-3-11-30-18/h2-12,20,26H,13H2,1H3. The van der Waals surface area contributed by atoms with Crippen molar-refractivity contribution in [3.8, 4) is 5.75 Å². The van der Waals surface area contributed by atoms with Crippen LogP contribution in [-0.2, 0) is 16.1 Å². The van der Waals surface area contributed by atoms with Crippen molar-refractivity contribution in [1.82, 2.24) is 4.90 Å². The smallest absolute Gasteiger partial charge is 0.296 e. The van der Waals surface area contributed by atoms with E-state index in [1.54, 1.807) is 60.7 Å². The Morgan fingerprint density at radius 2 is 1.90 bits per heavy atom. The molecule has 1 aliphatic rings. The molecule has 2 aromatic carbocycles. The Kier molecular flexibility index (Phi) is 5.33. The van der Waals surface area contributed by atoms with Crippen molar-refractivity contribution in [3.05, 3.63) is 94.4 Å². The summed E-state index contributed by atoms with van der Waals surface area (Å²) in [5, 5.41) is 11.5. The second-order valence-electron chi connectivity index (χ2n) is 6.79.